The molecule has 2 aromatic rings. The maximum atomic E-state index is 14.3. The Morgan fingerprint density at radius 2 is 1.81 bits per heavy atom. The van der Waals surface area contributed by atoms with Crippen LogP contribution < -0.4 is 5.32 Å². The van der Waals surface area contributed by atoms with Crippen molar-refractivity contribution in [1.29, 1.82) is 0 Å². The summed E-state index contributed by atoms with van der Waals surface area (Å²) in [5, 5.41) is 1.71. The molecule has 232 valence electrons. The van der Waals surface area contributed by atoms with E-state index in [0.29, 0.717) is 36.8 Å². The zero-order valence-electron chi connectivity index (χ0n) is 22.6. The van der Waals surface area contributed by atoms with Crippen LogP contribution in [0.4, 0.5) is 32.2 Å². The third-order valence-electron chi connectivity index (χ3n) is 7.80. The van der Waals surface area contributed by atoms with E-state index in [-0.39, 0.29) is 46.2 Å². The van der Waals surface area contributed by atoms with Crippen molar-refractivity contribution in [2.75, 3.05) is 36.5 Å². The molecule has 0 saturated carbocycles. The number of alkyl halides is 6. The van der Waals surface area contributed by atoms with Crippen LogP contribution in [0.25, 0.3) is 10.4 Å². The summed E-state index contributed by atoms with van der Waals surface area (Å²) in [5.74, 6) is -1.59. The second kappa shape index (κ2) is 10.5. The molecule has 3 N–H and O–H groups in total. The predicted molar refractivity (Wildman–Crippen MR) is 145 cm³/mol. The summed E-state index contributed by atoms with van der Waals surface area (Å²) < 4.78 is 101. The van der Waals surface area contributed by atoms with Gasteiger partial charge in [0.1, 0.15) is 17.6 Å². The summed E-state index contributed by atoms with van der Waals surface area (Å²) in [5.41, 5.74) is -2.69. The van der Waals surface area contributed by atoms with Gasteiger partial charge in [-0.2, -0.15) is 36.9 Å². The maximum Gasteiger partial charge on any atom is 0.417 e. The molecule has 3 fully saturated rings. The second-order valence-corrected chi connectivity index (χ2v) is 14.5. The lowest BCUT2D eigenvalue weighted by atomic mass is 9.83. The van der Waals surface area contributed by atoms with Crippen LogP contribution in [0.5, 0.6) is 0 Å². The average Bonchev–Trinajstić information content (AvgIpc) is 3.29. The zero-order chi connectivity index (χ0) is 30.8. The molecular weight excluding hydrogens is 612 g/mol. The summed E-state index contributed by atoms with van der Waals surface area (Å²) in [6.07, 6.45) is -6.80. The number of amides is 2. The fourth-order valence-corrected chi connectivity index (χ4v) is 8.98. The van der Waals surface area contributed by atoms with Crippen LogP contribution >= 0.6 is 21.9 Å². The summed E-state index contributed by atoms with van der Waals surface area (Å²) >= 11 is 0.588. The predicted octanol–water partition coefficient (Wildman–Crippen LogP) is 5.81. The Labute approximate surface area is 242 Å². The molecule has 2 unspecified atom stereocenters. The molecule has 5 rings (SSSR count). The number of pyridine rings is 1. The summed E-state index contributed by atoms with van der Waals surface area (Å²) in [6, 6.07) is -1.95. The van der Waals surface area contributed by atoms with Crippen molar-refractivity contribution in [2.45, 2.75) is 57.5 Å². The van der Waals surface area contributed by atoms with Crippen LogP contribution in [-0.2, 0) is 6.18 Å². The van der Waals surface area contributed by atoms with Crippen molar-refractivity contribution in [2.24, 2.45) is 5.41 Å². The van der Waals surface area contributed by atoms with Crippen molar-refractivity contribution in [1.82, 2.24) is 19.8 Å². The van der Waals surface area contributed by atoms with E-state index in [2.05, 4.69) is 9.97 Å². The van der Waals surface area contributed by atoms with Gasteiger partial charge in [0.25, 0.3) is 11.8 Å². The van der Waals surface area contributed by atoms with E-state index in [1.807, 2.05) is 12.2 Å². The highest BCUT2D eigenvalue weighted by atomic mass is 32.3. The van der Waals surface area contributed by atoms with Gasteiger partial charge in [-0.3, -0.25) is 18.7 Å². The largest absolute Gasteiger partial charge is 0.417 e. The first-order valence-electron chi connectivity index (χ1n) is 13.1. The molecule has 9 nitrogen and oxygen atoms in total. The number of halogens is 6. The van der Waals surface area contributed by atoms with Crippen LogP contribution in [0.2, 0.25) is 0 Å². The standard InChI is InChI=1S/C25H29F6N5O4S2/c1-13-5-3-4-6-36(13)21(37)18-19(41-20(34-18)22(38)35-9-23(10-35)11-42(39,40)12-23)15-8-32-17(7-16(15)25(29,30)31)33-14(2)24(26,27)28/h7-8,13-14,39-40H,3-6,9-12H2,1-2H3,(H,32,33). The summed E-state index contributed by atoms with van der Waals surface area (Å²) in [7, 11) is -2.65. The van der Waals surface area contributed by atoms with Crippen molar-refractivity contribution < 1.29 is 45.0 Å². The maximum absolute atomic E-state index is 14.3. The van der Waals surface area contributed by atoms with Gasteiger partial charge in [-0.25, -0.2) is 9.97 Å². The highest BCUT2D eigenvalue weighted by Crippen LogP contribution is 2.62. The van der Waals surface area contributed by atoms with Crippen LogP contribution in [-0.4, -0.2) is 90.1 Å². The lowest BCUT2D eigenvalue weighted by Gasteiger charge is -2.63. The van der Waals surface area contributed by atoms with Crippen LogP contribution in [0.3, 0.4) is 0 Å². The number of nitrogens with one attached hydrogen (secondary N) is 1. The minimum atomic E-state index is -5.04. The number of carbonyl (C=O) groups is 2. The quantitative estimate of drug-likeness (QED) is 0.353. The van der Waals surface area contributed by atoms with Gasteiger partial charge < -0.3 is 15.1 Å². The van der Waals surface area contributed by atoms with Crippen LogP contribution in [0, 0.1) is 5.41 Å². The van der Waals surface area contributed by atoms with E-state index in [0.717, 1.165) is 19.5 Å². The molecule has 5 heterocycles. The molecule has 3 saturated heterocycles. The number of thiazole rings is 1. The molecule has 0 aromatic carbocycles. The third kappa shape index (κ3) is 5.92. The van der Waals surface area contributed by atoms with Gasteiger partial charge in [0.2, 0.25) is 0 Å². The molecule has 3 aliphatic rings. The Kier molecular flexibility index (Phi) is 7.72. The molecule has 42 heavy (non-hydrogen) atoms. The van der Waals surface area contributed by atoms with Gasteiger partial charge in [0, 0.05) is 54.4 Å². The van der Waals surface area contributed by atoms with E-state index in [1.54, 1.807) is 0 Å². The molecule has 2 aromatic heterocycles. The fourth-order valence-electron chi connectivity index (χ4n) is 5.69. The van der Waals surface area contributed by atoms with E-state index < -0.39 is 63.2 Å². The highest BCUT2D eigenvalue weighted by molar-refractivity contribution is 8.25. The number of likely N-dealkylation sites (tertiary alicyclic amines) is 2. The third-order valence-corrected chi connectivity index (χ3v) is 11.0. The van der Waals surface area contributed by atoms with Crippen molar-refractivity contribution in [3.8, 4) is 10.4 Å². The number of hydrogen-bond acceptors (Lipinski definition) is 8. The molecule has 1 spiro atoms. The topological polar surface area (TPSA) is 119 Å². The molecule has 3 aliphatic heterocycles. The molecular formula is C25H29F6N5O4S2. The van der Waals surface area contributed by atoms with Gasteiger partial charge >= 0.3 is 12.4 Å². The Morgan fingerprint density at radius 3 is 2.38 bits per heavy atom. The molecule has 0 bridgehead atoms. The van der Waals surface area contributed by atoms with Crippen LogP contribution in [0.1, 0.15) is 59.0 Å². The van der Waals surface area contributed by atoms with Gasteiger partial charge in [0.15, 0.2) is 5.01 Å². The van der Waals surface area contributed by atoms with Gasteiger partial charge in [0.05, 0.1) is 10.4 Å². The van der Waals surface area contributed by atoms with Crippen LogP contribution in [0.15, 0.2) is 12.3 Å². The summed E-state index contributed by atoms with van der Waals surface area (Å²) in [4.78, 5) is 37.6. The first kappa shape index (κ1) is 30.8. The number of piperidine rings is 1. The average molecular weight is 642 g/mol. The lowest BCUT2D eigenvalue weighted by Crippen LogP contribution is -2.67. The lowest BCUT2D eigenvalue weighted by molar-refractivity contribution is -0.138. The highest BCUT2D eigenvalue weighted by Gasteiger charge is 2.57. The molecule has 2 atom stereocenters. The zero-order valence-corrected chi connectivity index (χ0v) is 24.2. The van der Waals surface area contributed by atoms with E-state index in [9.17, 15) is 45.0 Å². The molecule has 17 heteroatoms. The number of nitrogens with zero attached hydrogens (tertiary/aromatic N) is 4. The van der Waals surface area contributed by atoms with Gasteiger partial charge in [-0.15, -0.1) is 11.3 Å². The Hall–Kier alpha value is -2.63. The first-order chi connectivity index (χ1) is 19.4. The van der Waals surface area contributed by atoms with Crippen molar-refractivity contribution in [3.63, 3.8) is 0 Å². The molecule has 0 radical (unpaired) electrons. The Bertz CT molecular complexity index is 1380. The fraction of sp³-hybridized carbons (Fsp3) is 0.600. The van der Waals surface area contributed by atoms with Crippen molar-refractivity contribution in [3.05, 3.63) is 28.5 Å². The minimum Gasteiger partial charge on any atom is -0.359 e. The Morgan fingerprint density at radius 1 is 1.14 bits per heavy atom. The van der Waals surface area contributed by atoms with Crippen molar-refractivity contribution >= 4 is 39.6 Å². The van der Waals surface area contributed by atoms with E-state index in [1.165, 1.54) is 9.80 Å². The number of carbonyl (C=O) groups excluding carboxylic acids is 2. The minimum absolute atomic E-state index is 0.164. The summed E-state index contributed by atoms with van der Waals surface area (Å²) in [6.45, 7) is 3.34. The number of anilines is 1. The van der Waals surface area contributed by atoms with Gasteiger partial charge in [-0.1, -0.05) is 0 Å². The monoisotopic (exact) mass is 641 g/mol. The Balaban J connectivity index is 1.53. The normalized spacial score (nSPS) is 23.1. The molecule has 2 amide bonds. The van der Waals surface area contributed by atoms with Gasteiger partial charge in [-0.05, 0) is 39.2 Å². The number of aromatic nitrogens is 2. The second-order valence-electron chi connectivity index (χ2n) is 11.3. The molecule has 0 aliphatic carbocycles. The number of rotatable bonds is 5. The van der Waals surface area contributed by atoms with E-state index >= 15 is 0 Å². The van der Waals surface area contributed by atoms with E-state index in [4.69, 9.17) is 0 Å². The number of hydrogen-bond donors (Lipinski definition) is 3. The first-order valence-corrected chi connectivity index (χ1v) is 15.8. The smallest absolute Gasteiger partial charge is 0.359 e. The SMILES string of the molecule is CC1CCCCN1C(=O)c1nc(C(=O)N2CC3(C2)CS(O)(O)C3)sc1-c1cnc(NC(C)C(F)(F)F)cc1C(F)(F)F.